The molecule has 3 nitrogen and oxygen atoms in total. The summed E-state index contributed by atoms with van der Waals surface area (Å²) >= 11 is 0. The summed E-state index contributed by atoms with van der Waals surface area (Å²) in [7, 11) is 1.73. The molecule has 1 aromatic carbocycles. The van der Waals surface area contributed by atoms with E-state index in [0.29, 0.717) is 11.1 Å². The SMILES string of the molecule is CC.Cn1ccc2cc(N)ccc2c1=O. The minimum atomic E-state index is 0.0116. The largest absolute Gasteiger partial charge is 0.399 e. The molecule has 2 aromatic rings. The summed E-state index contributed by atoms with van der Waals surface area (Å²) in [5.41, 5.74) is 6.30. The Labute approximate surface area is 89.1 Å². The van der Waals surface area contributed by atoms with Crippen LogP contribution in [0.15, 0.2) is 35.3 Å². The lowest BCUT2D eigenvalue weighted by Crippen LogP contribution is -2.15. The maximum absolute atomic E-state index is 11.6. The van der Waals surface area contributed by atoms with Gasteiger partial charge in [-0.15, -0.1) is 0 Å². The van der Waals surface area contributed by atoms with Gasteiger partial charge in [-0.25, -0.2) is 0 Å². The standard InChI is InChI=1S/C10H10N2O.C2H6/c1-12-5-4-7-6-8(11)2-3-9(7)10(12)13;1-2/h2-6H,11H2,1H3;1-2H3. The Morgan fingerprint density at radius 3 is 2.53 bits per heavy atom. The van der Waals surface area contributed by atoms with E-state index in [9.17, 15) is 4.79 Å². The molecular formula is C12H16N2O. The first-order chi connectivity index (χ1) is 7.18. The van der Waals surface area contributed by atoms with Crippen molar-refractivity contribution in [3.8, 4) is 0 Å². The van der Waals surface area contributed by atoms with E-state index in [1.165, 1.54) is 0 Å². The number of nitrogen functional groups attached to an aromatic ring is 1. The van der Waals surface area contributed by atoms with Crippen LogP contribution in [0.25, 0.3) is 10.8 Å². The Morgan fingerprint density at radius 2 is 1.87 bits per heavy atom. The van der Waals surface area contributed by atoms with Crippen LogP contribution in [0.3, 0.4) is 0 Å². The molecule has 0 unspecified atom stereocenters. The highest BCUT2D eigenvalue weighted by molar-refractivity contribution is 5.84. The zero-order valence-corrected chi connectivity index (χ0v) is 9.32. The number of rotatable bonds is 0. The molecule has 0 spiro atoms. The zero-order valence-electron chi connectivity index (χ0n) is 9.32. The molecular weight excluding hydrogens is 188 g/mol. The number of nitrogens with two attached hydrogens (primary N) is 1. The van der Waals surface area contributed by atoms with Gasteiger partial charge in [0.2, 0.25) is 0 Å². The fourth-order valence-electron chi connectivity index (χ4n) is 1.36. The Hall–Kier alpha value is -1.77. The molecule has 0 aliphatic rings. The highest BCUT2D eigenvalue weighted by Gasteiger charge is 1.99. The molecule has 0 bridgehead atoms. The van der Waals surface area contributed by atoms with E-state index in [1.54, 1.807) is 36.0 Å². The first kappa shape index (κ1) is 11.3. The van der Waals surface area contributed by atoms with Crippen molar-refractivity contribution in [1.82, 2.24) is 4.57 Å². The van der Waals surface area contributed by atoms with E-state index >= 15 is 0 Å². The summed E-state index contributed by atoms with van der Waals surface area (Å²) in [6, 6.07) is 7.18. The Balaban J connectivity index is 0.000000531. The lowest BCUT2D eigenvalue weighted by molar-refractivity contribution is 0.873. The lowest BCUT2D eigenvalue weighted by Gasteiger charge is -2.01. The van der Waals surface area contributed by atoms with Crippen molar-refractivity contribution in [3.63, 3.8) is 0 Å². The molecule has 0 amide bonds. The van der Waals surface area contributed by atoms with Gasteiger partial charge in [0.1, 0.15) is 0 Å². The van der Waals surface area contributed by atoms with Gasteiger partial charge >= 0.3 is 0 Å². The lowest BCUT2D eigenvalue weighted by atomic mass is 10.1. The van der Waals surface area contributed by atoms with Gasteiger partial charge in [-0.1, -0.05) is 13.8 Å². The van der Waals surface area contributed by atoms with E-state index in [4.69, 9.17) is 5.73 Å². The minimum absolute atomic E-state index is 0.0116. The van der Waals surface area contributed by atoms with E-state index < -0.39 is 0 Å². The highest BCUT2D eigenvalue weighted by atomic mass is 16.1. The van der Waals surface area contributed by atoms with Crippen LogP contribution in [0, 0.1) is 0 Å². The van der Waals surface area contributed by atoms with Crippen molar-refractivity contribution >= 4 is 16.5 Å². The number of anilines is 1. The van der Waals surface area contributed by atoms with Crippen LogP contribution in [-0.4, -0.2) is 4.57 Å². The fraction of sp³-hybridized carbons (Fsp3) is 0.250. The van der Waals surface area contributed by atoms with Gasteiger partial charge in [-0.3, -0.25) is 4.79 Å². The van der Waals surface area contributed by atoms with Gasteiger partial charge in [-0.05, 0) is 29.7 Å². The fourth-order valence-corrected chi connectivity index (χ4v) is 1.36. The first-order valence-corrected chi connectivity index (χ1v) is 5.03. The molecule has 0 radical (unpaired) electrons. The van der Waals surface area contributed by atoms with E-state index in [-0.39, 0.29) is 5.56 Å². The first-order valence-electron chi connectivity index (χ1n) is 5.03. The number of aromatic nitrogens is 1. The molecule has 0 atom stereocenters. The molecule has 2 N–H and O–H groups in total. The predicted molar refractivity (Wildman–Crippen MR) is 64.9 cm³/mol. The molecule has 0 aliphatic carbocycles. The number of hydrogen-bond acceptors (Lipinski definition) is 2. The summed E-state index contributed by atoms with van der Waals surface area (Å²) in [5, 5.41) is 1.60. The van der Waals surface area contributed by atoms with E-state index in [1.807, 2.05) is 19.9 Å². The third-order valence-electron chi connectivity index (χ3n) is 2.10. The number of hydrogen-bond donors (Lipinski definition) is 1. The van der Waals surface area contributed by atoms with Crippen molar-refractivity contribution in [1.29, 1.82) is 0 Å². The van der Waals surface area contributed by atoms with Crippen LogP contribution in [0.2, 0.25) is 0 Å². The average Bonchev–Trinajstić information content (AvgIpc) is 2.26. The molecule has 0 aliphatic heterocycles. The number of benzene rings is 1. The molecule has 1 heterocycles. The summed E-state index contributed by atoms with van der Waals surface area (Å²) in [4.78, 5) is 11.6. The Kier molecular flexibility index (Phi) is 3.50. The zero-order chi connectivity index (χ0) is 11.4. The summed E-state index contributed by atoms with van der Waals surface area (Å²) in [6.45, 7) is 4.00. The number of aryl methyl sites for hydroxylation is 1. The second-order valence-electron chi connectivity index (χ2n) is 3.08. The van der Waals surface area contributed by atoms with Crippen molar-refractivity contribution in [3.05, 3.63) is 40.8 Å². The topological polar surface area (TPSA) is 48.0 Å². The second-order valence-corrected chi connectivity index (χ2v) is 3.08. The molecule has 15 heavy (non-hydrogen) atoms. The van der Waals surface area contributed by atoms with E-state index in [0.717, 1.165) is 5.39 Å². The van der Waals surface area contributed by atoms with Crippen LogP contribution < -0.4 is 11.3 Å². The summed E-state index contributed by atoms with van der Waals surface area (Å²) < 4.78 is 1.55. The van der Waals surface area contributed by atoms with Gasteiger partial charge < -0.3 is 10.3 Å². The molecule has 3 heteroatoms. The van der Waals surface area contributed by atoms with Crippen LogP contribution in [0.1, 0.15) is 13.8 Å². The maximum Gasteiger partial charge on any atom is 0.258 e. The van der Waals surface area contributed by atoms with Crippen molar-refractivity contribution in [2.24, 2.45) is 7.05 Å². The van der Waals surface area contributed by atoms with Crippen LogP contribution >= 0.6 is 0 Å². The van der Waals surface area contributed by atoms with Gasteiger partial charge in [0.25, 0.3) is 5.56 Å². The Morgan fingerprint density at radius 1 is 1.20 bits per heavy atom. The molecule has 0 saturated carbocycles. The van der Waals surface area contributed by atoms with Crippen molar-refractivity contribution in [2.75, 3.05) is 5.73 Å². The number of pyridine rings is 1. The van der Waals surface area contributed by atoms with Crippen molar-refractivity contribution in [2.45, 2.75) is 13.8 Å². The van der Waals surface area contributed by atoms with Crippen LogP contribution in [0.5, 0.6) is 0 Å². The third kappa shape index (κ3) is 2.18. The molecule has 0 saturated heterocycles. The normalized spacial score (nSPS) is 9.53. The summed E-state index contributed by atoms with van der Waals surface area (Å²) in [6.07, 6.45) is 1.74. The molecule has 1 aromatic heterocycles. The molecule has 80 valence electrons. The summed E-state index contributed by atoms with van der Waals surface area (Å²) in [5.74, 6) is 0. The van der Waals surface area contributed by atoms with Gasteiger partial charge in [0, 0.05) is 24.3 Å². The van der Waals surface area contributed by atoms with E-state index in [2.05, 4.69) is 0 Å². The predicted octanol–water partition coefficient (Wildman–Crippen LogP) is 2.15. The Bertz CT molecular complexity index is 515. The van der Waals surface area contributed by atoms with Gasteiger partial charge in [0.05, 0.1) is 0 Å². The maximum atomic E-state index is 11.6. The number of nitrogens with zero attached hydrogens (tertiary/aromatic N) is 1. The van der Waals surface area contributed by atoms with Gasteiger partial charge in [-0.2, -0.15) is 0 Å². The van der Waals surface area contributed by atoms with Crippen molar-refractivity contribution < 1.29 is 0 Å². The van der Waals surface area contributed by atoms with Crippen LogP contribution in [-0.2, 0) is 7.05 Å². The van der Waals surface area contributed by atoms with Crippen LogP contribution in [0.4, 0.5) is 5.69 Å². The second kappa shape index (κ2) is 4.64. The monoisotopic (exact) mass is 204 g/mol. The van der Waals surface area contributed by atoms with Gasteiger partial charge in [0.15, 0.2) is 0 Å². The molecule has 2 rings (SSSR count). The molecule has 0 fully saturated rings. The number of fused-ring (bicyclic) bond motifs is 1. The minimum Gasteiger partial charge on any atom is -0.399 e. The average molecular weight is 204 g/mol. The smallest absolute Gasteiger partial charge is 0.258 e. The quantitative estimate of drug-likeness (QED) is 0.668. The third-order valence-corrected chi connectivity index (χ3v) is 2.10. The highest BCUT2D eigenvalue weighted by Crippen LogP contribution is 2.12.